The summed E-state index contributed by atoms with van der Waals surface area (Å²) in [7, 11) is 0. The maximum absolute atomic E-state index is 14.0. The maximum Gasteiger partial charge on any atom is 0.254 e. The van der Waals surface area contributed by atoms with Gasteiger partial charge < -0.3 is 14.4 Å². The van der Waals surface area contributed by atoms with Crippen LogP contribution in [0.25, 0.3) is 22.6 Å². The van der Waals surface area contributed by atoms with Crippen molar-refractivity contribution in [1.29, 1.82) is 0 Å². The molecule has 0 saturated carbocycles. The average Bonchev–Trinajstić information content (AvgIpc) is 3.61. The molecule has 0 radical (unpaired) electrons. The fourth-order valence-electron chi connectivity index (χ4n) is 5.29. The van der Waals surface area contributed by atoms with Crippen molar-refractivity contribution in [1.82, 2.24) is 9.88 Å². The van der Waals surface area contributed by atoms with Crippen LogP contribution in [-0.2, 0) is 15.9 Å². The van der Waals surface area contributed by atoms with Crippen molar-refractivity contribution < 1.29 is 14.3 Å². The van der Waals surface area contributed by atoms with Crippen LogP contribution in [0.1, 0.15) is 45.8 Å². The van der Waals surface area contributed by atoms with E-state index in [1.54, 1.807) is 11.3 Å². The van der Waals surface area contributed by atoms with Crippen molar-refractivity contribution in [2.45, 2.75) is 32.0 Å². The number of fused-ring (bicyclic) bond motifs is 2. The number of ether oxygens (including phenoxy) is 2. The normalized spacial score (nSPS) is 22.7. The summed E-state index contributed by atoms with van der Waals surface area (Å²) in [5.41, 5.74) is 5.06. The second kappa shape index (κ2) is 8.43. The number of pyridine rings is 1. The lowest BCUT2D eigenvalue weighted by molar-refractivity contribution is -0.0969. The number of para-hydroxylation sites is 1. The van der Waals surface area contributed by atoms with Gasteiger partial charge in [0.1, 0.15) is 0 Å². The summed E-state index contributed by atoms with van der Waals surface area (Å²) in [5.74, 6) is 0.366. The van der Waals surface area contributed by atoms with E-state index in [1.807, 2.05) is 29.2 Å². The summed E-state index contributed by atoms with van der Waals surface area (Å²) in [6.45, 7) is 2.77. The van der Waals surface area contributed by atoms with Gasteiger partial charge in [0.2, 0.25) is 0 Å². The molecule has 1 aliphatic carbocycles. The first-order chi connectivity index (χ1) is 15.8. The van der Waals surface area contributed by atoms with Crippen LogP contribution in [0.5, 0.6) is 0 Å². The number of aromatic nitrogens is 1. The molecule has 2 aromatic heterocycles. The van der Waals surface area contributed by atoms with Gasteiger partial charge in [-0.3, -0.25) is 4.79 Å². The third kappa shape index (κ3) is 3.56. The molecule has 0 spiro atoms. The average molecular weight is 447 g/mol. The third-order valence-corrected chi connectivity index (χ3v) is 7.61. The van der Waals surface area contributed by atoms with E-state index in [9.17, 15) is 4.79 Å². The van der Waals surface area contributed by atoms with Crippen LogP contribution >= 0.6 is 11.3 Å². The molecule has 3 aromatic rings. The summed E-state index contributed by atoms with van der Waals surface area (Å²) in [5, 5.41) is 3.05. The van der Waals surface area contributed by atoms with Crippen LogP contribution < -0.4 is 0 Å². The topological polar surface area (TPSA) is 51.7 Å². The Kier molecular flexibility index (Phi) is 5.29. The Balaban J connectivity index is 1.40. The Morgan fingerprint density at radius 1 is 1.12 bits per heavy atom. The van der Waals surface area contributed by atoms with E-state index in [4.69, 9.17) is 14.5 Å². The highest BCUT2D eigenvalue weighted by atomic mass is 32.1. The van der Waals surface area contributed by atoms with Crippen LogP contribution in [0.15, 0.2) is 41.8 Å². The van der Waals surface area contributed by atoms with Gasteiger partial charge in [0, 0.05) is 29.3 Å². The van der Waals surface area contributed by atoms with E-state index >= 15 is 0 Å². The molecule has 1 unspecified atom stereocenters. The minimum Gasteiger partial charge on any atom is -0.350 e. The zero-order valence-electron chi connectivity index (χ0n) is 18.0. The van der Waals surface area contributed by atoms with Gasteiger partial charge in [0.05, 0.1) is 30.0 Å². The van der Waals surface area contributed by atoms with Gasteiger partial charge in [-0.1, -0.05) is 24.3 Å². The van der Waals surface area contributed by atoms with Crippen molar-refractivity contribution in [3.05, 3.63) is 63.5 Å². The smallest absolute Gasteiger partial charge is 0.254 e. The Labute approximate surface area is 191 Å². The molecule has 1 aromatic carbocycles. The standard InChI is InChI=1S/C26H26N2O3S/c29-25(28-11-3-5-18(16-28)26-30-12-13-31-26)23-20-7-1-2-8-22(20)27-24-17(9-10-21(23)24)15-19-6-4-14-32-19/h1-2,4,6-8,14-15,18,26H,3,5,9-13,16H2/b17-15-. The van der Waals surface area contributed by atoms with Crippen LogP contribution in [-0.4, -0.2) is 48.4 Å². The van der Waals surface area contributed by atoms with Gasteiger partial charge in [0.15, 0.2) is 6.29 Å². The lowest BCUT2D eigenvalue weighted by Crippen LogP contribution is -2.44. The van der Waals surface area contributed by atoms with Crippen LogP contribution in [0, 0.1) is 5.92 Å². The van der Waals surface area contributed by atoms with Crippen LogP contribution in [0.4, 0.5) is 0 Å². The summed E-state index contributed by atoms with van der Waals surface area (Å²) in [4.78, 5) is 22.2. The number of amides is 1. The first-order valence-corrected chi connectivity index (χ1v) is 12.3. The minimum atomic E-state index is -0.175. The van der Waals surface area contributed by atoms with Crippen molar-refractivity contribution in [2.24, 2.45) is 5.92 Å². The summed E-state index contributed by atoms with van der Waals surface area (Å²) in [6, 6.07) is 12.3. The largest absolute Gasteiger partial charge is 0.350 e. The summed E-state index contributed by atoms with van der Waals surface area (Å²) in [6.07, 6.45) is 5.86. The molecule has 6 rings (SSSR count). The number of carbonyl (C=O) groups excluding carboxylic acids is 1. The third-order valence-electron chi connectivity index (χ3n) is 6.79. The molecule has 164 valence electrons. The van der Waals surface area contributed by atoms with Crippen molar-refractivity contribution in [3.8, 4) is 0 Å². The molecule has 2 aliphatic heterocycles. The molecule has 5 nitrogen and oxygen atoms in total. The number of likely N-dealkylation sites (tertiary alicyclic amines) is 1. The fourth-order valence-corrected chi connectivity index (χ4v) is 5.97. The van der Waals surface area contributed by atoms with E-state index in [1.165, 1.54) is 10.5 Å². The van der Waals surface area contributed by atoms with E-state index in [0.717, 1.165) is 60.0 Å². The monoisotopic (exact) mass is 446 g/mol. The van der Waals surface area contributed by atoms with E-state index in [-0.39, 0.29) is 18.1 Å². The molecule has 0 bridgehead atoms. The number of allylic oxidation sites excluding steroid dienone is 1. The molecule has 6 heteroatoms. The second-order valence-electron chi connectivity index (χ2n) is 8.78. The lowest BCUT2D eigenvalue weighted by Gasteiger charge is -2.35. The molecule has 4 heterocycles. The Bertz CT molecular complexity index is 1180. The number of thiophene rings is 1. The van der Waals surface area contributed by atoms with Gasteiger partial charge in [-0.25, -0.2) is 4.98 Å². The van der Waals surface area contributed by atoms with Gasteiger partial charge >= 0.3 is 0 Å². The number of rotatable bonds is 3. The molecular weight excluding hydrogens is 420 g/mol. The molecular formula is C26H26N2O3S. The number of carbonyl (C=O) groups is 1. The highest BCUT2D eigenvalue weighted by molar-refractivity contribution is 7.10. The van der Waals surface area contributed by atoms with Crippen molar-refractivity contribution >= 4 is 39.8 Å². The maximum atomic E-state index is 14.0. The summed E-state index contributed by atoms with van der Waals surface area (Å²) < 4.78 is 11.5. The van der Waals surface area contributed by atoms with Gasteiger partial charge in [0.25, 0.3) is 5.91 Å². The molecule has 3 aliphatic rings. The number of hydrogen-bond donors (Lipinski definition) is 0. The Hall–Kier alpha value is -2.54. The Morgan fingerprint density at radius 3 is 2.84 bits per heavy atom. The number of hydrogen-bond acceptors (Lipinski definition) is 5. The highest BCUT2D eigenvalue weighted by Gasteiger charge is 2.35. The zero-order chi connectivity index (χ0) is 21.5. The number of nitrogens with zero attached hydrogens (tertiary/aromatic N) is 2. The highest BCUT2D eigenvalue weighted by Crippen LogP contribution is 2.39. The zero-order valence-corrected chi connectivity index (χ0v) is 18.8. The van der Waals surface area contributed by atoms with Gasteiger partial charge in [-0.2, -0.15) is 0 Å². The predicted octanol–water partition coefficient (Wildman–Crippen LogP) is 5.01. The molecule has 1 atom stereocenters. The van der Waals surface area contributed by atoms with E-state index in [2.05, 4.69) is 23.6 Å². The Morgan fingerprint density at radius 2 is 2.00 bits per heavy atom. The van der Waals surface area contributed by atoms with Crippen LogP contribution in [0.2, 0.25) is 0 Å². The molecule has 0 N–H and O–H groups in total. The predicted molar refractivity (Wildman–Crippen MR) is 127 cm³/mol. The molecule has 1 amide bonds. The van der Waals surface area contributed by atoms with Crippen molar-refractivity contribution in [2.75, 3.05) is 26.3 Å². The van der Waals surface area contributed by atoms with E-state index in [0.29, 0.717) is 19.8 Å². The van der Waals surface area contributed by atoms with Crippen molar-refractivity contribution in [3.63, 3.8) is 0 Å². The first-order valence-electron chi connectivity index (χ1n) is 11.5. The second-order valence-corrected chi connectivity index (χ2v) is 9.76. The lowest BCUT2D eigenvalue weighted by atomic mass is 9.94. The SMILES string of the molecule is O=C(c1c2c(nc3ccccc13)/C(=C\c1cccs1)CC2)N1CCCC(C2OCCO2)C1. The quantitative estimate of drug-likeness (QED) is 0.568. The molecule has 32 heavy (non-hydrogen) atoms. The van der Waals surface area contributed by atoms with Gasteiger partial charge in [-0.05, 0) is 60.4 Å². The fraction of sp³-hybridized carbons (Fsp3) is 0.385. The number of piperidine rings is 1. The van der Waals surface area contributed by atoms with E-state index < -0.39 is 0 Å². The van der Waals surface area contributed by atoms with Gasteiger partial charge in [-0.15, -0.1) is 11.3 Å². The minimum absolute atomic E-state index is 0.125. The summed E-state index contributed by atoms with van der Waals surface area (Å²) >= 11 is 1.73. The first kappa shape index (κ1) is 20.1. The number of benzene rings is 1. The molecule has 2 saturated heterocycles. The van der Waals surface area contributed by atoms with Crippen LogP contribution in [0.3, 0.4) is 0 Å². The molecule has 2 fully saturated rings.